The van der Waals surface area contributed by atoms with Gasteiger partial charge in [0, 0.05) is 13.2 Å². The lowest BCUT2D eigenvalue weighted by Crippen LogP contribution is -2.32. The smallest absolute Gasteiger partial charge is 0.238 e. The van der Waals surface area contributed by atoms with Crippen molar-refractivity contribution >= 4 is 17.3 Å². The zero-order chi connectivity index (χ0) is 14.3. The van der Waals surface area contributed by atoms with Crippen LogP contribution in [0.15, 0.2) is 18.2 Å². The van der Waals surface area contributed by atoms with E-state index in [4.69, 9.17) is 10.5 Å². The van der Waals surface area contributed by atoms with Gasteiger partial charge in [-0.15, -0.1) is 0 Å². The maximum absolute atomic E-state index is 13.0. The monoisotopic (exact) mass is 269 g/mol. The Morgan fingerprint density at radius 1 is 1.53 bits per heavy atom. The van der Waals surface area contributed by atoms with E-state index < -0.39 is 5.82 Å². The SMILES string of the molecule is CCOCCN(C)CC(=O)Nc1cc(F)ccc1N. The number of hydrogen-bond donors (Lipinski definition) is 2. The number of nitrogens with one attached hydrogen (secondary N) is 1. The largest absolute Gasteiger partial charge is 0.397 e. The standard InChI is InChI=1S/C13H20FN3O2/c1-3-19-7-6-17(2)9-13(18)16-12-8-10(14)4-5-11(12)15/h4-5,8H,3,6-7,9,15H2,1-2H3,(H,16,18). The average Bonchev–Trinajstić information content (AvgIpc) is 2.34. The van der Waals surface area contributed by atoms with Crippen molar-refractivity contribution in [3.05, 3.63) is 24.0 Å². The number of ether oxygens (including phenoxy) is 1. The molecule has 0 bridgehead atoms. The minimum atomic E-state index is -0.436. The van der Waals surface area contributed by atoms with Crippen molar-refractivity contribution in [3.8, 4) is 0 Å². The van der Waals surface area contributed by atoms with Gasteiger partial charge in [-0.3, -0.25) is 9.69 Å². The minimum absolute atomic E-state index is 0.197. The average molecular weight is 269 g/mol. The van der Waals surface area contributed by atoms with Crippen LogP contribution in [-0.2, 0) is 9.53 Å². The van der Waals surface area contributed by atoms with Crippen LogP contribution in [-0.4, -0.2) is 44.2 Å². The second-order valence-corrected chi connectivity index (χ2v) is 4.21. The lowest BCUT2D eigenvalue weighted by Gasteiger charge is -2.16. The molecule has 0 atom stereocenters. The molecule has 5 nitrogen and oxygen atoms in total. The van der Waals surface area contributed by atoms with Crippen LogP contribution in [0.2, 0.25) is 0 Å². The third kappa shape index (κ3) is 5.67. The molecule has 0 fully saturated rings. The molecule has 0 spiro atoms. The molecule has 0 radical (unpaired) electrons. The van der Waals surface area contributed by atoms with Gasteiger partial charge >= 0.3 is 0 Å². The fourth-order valence-corrected chi connectivity index (χ4v) is 1.52. The Morgan fingerprint density at radius 3 is 2.95 bits per heavy atom. The van der Waals surface area contributed by atoms with Gasteiger partial charge in [-0.2, -0.15) is 0 Å². The predicted molar refractivity (Wildman–Crippen MR) is 73.4 cm³/mol. The summed E-state index contributed by atoms with van der Waals surface area (Å²) < 4.78 is 18.2. The molecule has 3 N–H and O–H groups in total. The van der Waals surface area contributed by atoms with Crippen molar-refractivity contribution in [3.63, 3.8) is 0 Å². The van der Waals surface area contributed by atoms with Gasteiger partial charge in [-0.05, 0) is 32.2 Å². The summed E-state index contributed by atoms with van der Waals surface area (Å²) >= 11 is 0. The maximum atomic E-state index is 13.0. The van der Waals surface area contributed by atoms with Gasteiger partial charge in [0.1, 0.15) is 5.82 Å². The maximum Gasteiger partial charge on any atom is 0.238 e. The first-order valence-corrected chi connectivity index (χ1v) is 6.14. The highest BCUT2D eigenvalue weighted by molar-refractivity contribution is 5.95. The first-order chi connectivity index (χ1) is 9.02. The molecule has 0 aliphatic rings. The van der Waals surface area contributed by atoms with Crippen molar-refractivity contribution in [1.82, 2.24) is 4.90 Å². The van der Waals surface area contributed by atoms with Crippen LogP contribution >= 0.6 is 0 Å². The molecule has 1 rings (SSSR count). The van der Waals surface area contributed by atoms with Crippen LogP contribution in [0.5, 0.6) is 0 Å². The number of nitrogens with two attached hydrogens (primary N) is 1. The van der Waals surface area contributed by atoms with E-state index in [0.29, 0.717) is 31.1 Å². The van der Waals surface area contributed by atoms with Crippen molar-refractivity contribution in [2.45, 2.75) is 6.92 Å². The van der Waals surface area contributed by atoms with Gasteiger partial charge < -0.3 is 15.8 Å². The van der Waals surface area contributed by atoms with E-state index in [0.717, 1.165) is 0 Å². The summed E-state index contributed by atoms with van der Waals surface area (Å²) in [5, 5.41) is 2.59. The van der Waals surface area contributed by atoms with Crippen molar-refractivity contribution in [1.29, 1.82) is 0 Å². The number of carbonyl (C=O) groups excluding carboxylic acids is 1. The summed E-state index contributed by atoms with van der Waals surface area (Å²) in [7, 11) is 1.81. The Kier molecular flexibility index (Phi) is 6.24. The van der Waals surface area contributed by atoms with Gasteiger partial charge in [-0.25, -0.2) is 4.39 Å². The number of halogens is 1. The molecule has 106 valence electrons. The summed E-state index contributed by atoms with van der Waals surface area (Å²) in [6.45, 7) is 3.99. The number of carbonyl (C=O) groups is 1. The van der Waals surface area contributed by atoms with Crippen LogP contribution in [0.1, 0.15) is 6.92 Å². The fourth-order valence-electron chi connectivity index (χ4n) is 1.52. The number of benzene rings is 1. The lowest BCUT2D eigenvalue weighted by molar-refractivity contribution is -0.117. The lowest BCUT2D eigenvalue weighted by atomic mass is 10.2. The highest BCUT2D eigenvalue weighted by Crippen LogP contribution is 2.18. The van der Waals surface area contributed by atoms with Crippen LogP contribution < -0.4 is 11.1 Å². The number of hydrogen-bond acceptors (Lipinski definition) is 4. The molecule has 0 saturated heterocycles. The minimum Gasteiger partial charge on any atom is -0.397 e. The molecule has 0 saturated carbocycles. The highest BCUT2D eigenvalue weighted by Gasteiger charge is 2.09. The molecule has 1 amide bonds. The number of likely N-dealkylation sites (N-methyl/N-ethyl adjacent to an activating group) is 1. The van der Waals surface area contributed by atoms with Crippen LogP contribution in [0.4, 0.5) is 15.8 Å². The number of nitrogens with zero attached hydrogens (tertiary/aromatic N) is 1. The van der Waals surface area contributed by atoms with E-state index in [1.807, 2.05) is 18.9 Å². The third-order valence-corrected chi connectivity index (χ3v) is 2.52. The molecule has 0 aliphatic carbocycles. The van der Waals surface area contributed by atoms with E-state index in [1.165, 1.54) is 18.2 Å². The van der Waals surface area contributed by atoms with E-state index in [1.54, 1.807) is 0 Å². The van der Waals surface area contributed by atoms with Crippen LogP contribution in [0, 0.1) is 5.82 Å². The Bertz CT molecular complexity index is 426. The van der Waals surface area contributed by atoms with E-state index >= 15 is 0 Å². The van der Waals surface area contributed by atoms with E-state index in [-0.39, 0.29) is 12.5 Å². The van der Waals surface area contributed by atoms with Gasteiger partial charge in [0.15, 0.2) is 0 Å². The van der Waals surface area contributed by atoms with Crippen LogP contribution in [0.25, 0.3) is 0 Å². The highest BCUT2D eigenvalue weighted by atomic mass is 19.1. The Hall–Kier alpha value is -1.66. The number of rotatable bonds is 7. The Balaban J connectivity index is 2.44. The second kappa shape index (κ2) is 7.70. The van der Waals surface area contributed by atoms with E-state index in [9.17, 15) is 9.18 Å². The summed E-state index contributed by atoms with van der Waals surface area (Å²) in [6.07, 6.45) is 0. The molecule has 0 unspecified atom stereocenters. The Morgan fingerprint density at radius 2 is 2.26 bits per heavy atom. The zero-order valence-electron chi connectivity index (χ0n) is 11.3. The first-order valence-electron chi connectivity index (χ1n) is 6.14. The summed E-state index contributed by atoms with van der Waals surface area (Å²) in [5.74, 6) is -0.675. The molecule has 0 aliphatic heterocycles. The number of nitrogen functional groups attached to an aromatic ring is 1. The first kappa shape index (κ1) is 15.4. The predicted octanol–water partition coefficient (Wildman–Crippen LogP) is 1.31. The molecule has 6 heteroatoms. The second-order valence-electron chi connectivity index (χ2n) is 4.21. The molecule has 1 aromatic carbocycles. The van der Waals surface area contributed by atoms with Crippen molar-refractivity contribution < 1.29 is 13.9 Å². The number of amides is 1. The molecule has 0 aromatic heterocycles. The topological polar surface area (TPSA) is 67.6 Å². The van der Waals surface area contributed by atoms with E-state index in [2.05, 4.69) is 5.32 Å². The van der Waals surface area contributed by atoms with Gasteiger partial charge in [0.25, 0.3) is 0 Å². The Labute approximate surface area is 112 Å². The summed E-state index contributed by atoms with van der Waals surface area (Å²) in [5.41, 5.74) is 6.29. The van der Waals surface area contributed by atoms with Crippen molar-refractivity contribution in [2.24, 2.45) is 0 Å². The quantitative estimate of drug-likeness (QED) is 0.578. The van der Waals surface area contributed by atoms with Gasteiger partial charge in [0.05, 0.1) is 24.5 Å². The molecule has 0 heterocycles. The third-order valence-electron chi connectivity index (χ3n) is 2.52. The summed E-state index contributed by atoms with van der Waals surface area (Å²) in [6, 6.07) is 3.87. The molecular formula is C13H20FN3O2. The molecule has 19 heavy (non-hydrogen) atoms. The van der Waals surface area contributed by atoms with Gasteiger partial charge in [0.2, 0.25) is 5.91 Å². The van der Waals surface area contributed by atoms with Crippen LogP contribution in [0.3, 0.4) is 0 Å². The zero-order valence-corrected chi connectivity index (χ0v) is 11.3. The van der Waals surface area contributed by atoms with Gasteiger partial charge in [-0.1, -0.05) is 0 Å². The molecule has 1 aromatic rings. The normalized spacial score (nSPS) is 10.7. The van der Waals surface area contributed by atoms with Crippen molar-refractivity contribution in [2.75, 3.05) is 44.4 Å². The fraction of sp³-hybridized carbons (Fsp3) is 0.462. The number of anilines is 2. The molecular weight excluding hydrogens is 249 g/mol. The summed E-state index contributed by atoms with van der Waals surface area (Å²) in [4.78, 5) is 13.6.